The van der Waals surface area contributed by atoms with Gasteiger partial charge in [-0.1, -0.05) is 0 Å². The molecular weight excluding hydrogens is 610 g/mol. The predicted octanol–water partition coefficient (Wildman–Crippen LogP) is 3.40. The molecule has 2 bridgehead atoms. The minimum atomic E-state index is -0.327. The zero-order valence-electron chi connectivity index (χ0n) is 27.8. The van der Waals surface area contributed by atoms with Crippen molar-refractivity contribution in [3.8, 4) is 11.4 Å². The summed E-state index contributed by atoms with van der Waals surface area (Å²) in [5.41, 5.74) is 3.29. The van der Waals surface area contributed by atoms with Gasteiger partial charge in [-0.05, 0) is 88.1 Å². The molecule has 4 N–H and O–H groups in total. The molecular formula is C35H47N9O4. The lowest BCUT2D eigenvalue weighted by Gasteiger charge is -2.38. The van der Waals surface area contributed by atoms with Gasteiger partial charge in [-0.15, -0.1) is 0 Å². The molecule has 4 atom stereocenters. The van der Waals surface area contributed by atoms with Crippen molar-refractivity contribution in [2.24, 2.45) is 0 Å². The number of ether oxygens (including phenoxy) is 1. The Morgan fingerprint density at radius 3 is 1.90 bits per heavy atom. The number of morpholine rings is 1. The lowest BCUT2D eigenvalue weighted by Crippen LogP contribution is -2.48. The van der Waals surface area contributed by atoms with Gasteiger partial charge in [0.05, 0.1) is 37.5 Å². The molecule has 4 aliphatic rings. The van der Waals surface area contributed by atoms with Crippen molar-refractivity contribution in [2.75, 3.05) is 77.8 Å². The van der Waals surface area contributed by atoms with Gasteiger partial charge in [-0.2, -0.15) is 15.0 Å². The fraction of sp³-hybridized carbons (Fsp3) is 0.543. The zero-order valence-corrected chi connectivity index (χ0v) is 27.8. The van der Waals surface area contributed by atoms with Crippen LogP contribution in [-0.2, 0) is 4.74 Å². The summed E-state index contributed by atoms with van der Waals surface area (Å²) in [7, 11) is 0. The molecule has 5 heterocycles. The maximum absolute atomic E-state index is 12.9. The van der Waals surface area contributed by atoms with Gasteiger partial charge in [0, 0.05) is 67.9 Å². The number of piperazine rings is 1. The molecule has 4 saturated heterocycles. The van der Waals surface area contributed by atoms with Crippen LogP contribution in [-0.4, -0.2) is 119 Å². The summed E-state index contributed by atoms with van der Waals surface area (Å²) in [5.74, 6) is 1.52. The first-order chi connectivity index (χ1) is 23.4. The van der Waals surface area contributed by atoms with Crippen molar-refractivity contribution >= 4 is 35.0 Å². The first-order valence-corrected chi connectivity index (χ1v) is 17.3. The van der Waals surface area contributed by atoms with E-state index in [-0.39, 0.29) is 43.5 Å². The van der Waals surface area contributed by atoms with Gasteiger partial charge in [-0.25, -0.2) is 4.79 Å². The van der Waals surface area contributed by atoms with Gasteiger partial charge in [0.15, 0.2) is 5.82 Å². The van der Waals surface area contributed by atoms with E-state index in [1.165, 1.54) is 0 Å². The number of benzene rings is 2. The smallest absolute Gasteiger partial charge is 0.323 e. The number of aliphatic hydroxyl groups excluding tert-OH is 2. The second-order valence-electron chi connectivity index (χ2n) is 13.6. The Morgan fingerprint density at radius 2 is 1.33 bits per heavy atom. The molecule has 4 unspecified atom stereocenters. The van der Waals surface area contributed by atoms with Crippen molar-refractivity contribution in [1.82, 2.24) is 19.9 Å². The largest absolute Gasteiger partial charge is 0.394 e. The Balaban J connectivity index is 1.04. The third-order valence-electron chi connectivity index (χ3n) is 10.1. The number of carbonyl (C=O) groups is 1. The zero-order chi connectivity index (χ0) is 33.2. The third kappa shape index (κ3) is 7.05. The Labute approximate surface area is 281 Å². The minimum Gasteiger partial charge on any atom is -0.394 e. The number of aliphatic hydroxyl groups is 2. The van der Waals surface area contributed by atoms with E-state index < -0.39 is 0 Å². The SMILES string of the molecule is CC(C)N1CCN(c2ccc(NC(=O)Nc3ccc(-c4nc(N5CC6CCC(C5)O6)nc(N5C(CO)CCC5CO)n4)cc3)cc2)CC1. The van der Waals surface area contributed by atoms with E-state index in [9.17, 15) is 15.0 Å². The molecule has 2 aromatic carbocycles. The van der Waals surface area contributed by atoms with Gasteiger partial charge < -0.3 is 40.3 Å². The fourth-order valence-electron chi connectivity index (χ4n) is 7.41. The van der Waals surface area contributed by atoms with Crippen LogP contribution in [0, 0.1) is 0 Å². The highest BCUT2D eigenvalue weighted by Gasteiger charge is 2.38. The second-order valence-corrected chi connectivity index (χ2v) is 13.6. The van der Waals surface area contributed by atoms with Crippen LogP contribution < -0.4 is 25.3 Å². The number of nitrogens with zero attached hydrogens (tertiary/aromatic N) is 7. The fourth-order valence-corrected chi connectivity index (χ4v) is 7.41. The molecule has 256 valence electrons. The summed E-state index contributed by atoms with van der Waals surface area (Å²) in [6, 6.07) is 15.3. The van der Waals surface area contributed by atoms with Gasteiger partial charge in [-0.3, -0.25) is 4.90 Å². The normalized spacial score (nSPS) is 24.4. The van der Waals surface area contributed by atoms with E-state index in [1.807, 2.05) is 41.3 Å². The van der Waals surface area contributed by atoms with Crippen molar-refractivity contribution in [3.05, 3.63) is 48.5 Å². The number of nitrogens with one attached hydrogen (secondary N) is 2. The van der Waals surface area contributed by atoms with Crippen LogP contribution in [0.2, 0.25) is 0 Å². The monoisotopic (exact) mass is 657 g/mol. The van der Waals surface area contributed by atoms with Crippen LogP contribution in [0.15, 0.2) is 48.5 Å². The molecule has 13 heteroatoms. The molecule has 1 aromatic heterocycles. The molecule has 48 heavy (non-hydrogen) atoms. The third-order valence-corrected chi connectivity index (χ3v) is 10.1. The maximum atomic E-state index is 12.9. The molecule has 4 aliphatic heterocycles. The van der Waals surface area contributed by atoms with Gasteiger partial charge in [0.2, 0.25) is 11.9 Å². The highest BCUT2D eigenvalue weighted by molar-refractivity contribution is 6.00. The standard InChI is InChI=1S/C35H47N9O4/c1-23(2)41-15-17-42(18-16-41)27-9-7-26(8-10-27)37-35(47)36-25-5-3-24(4-6-25)32-38-33(43-19-30-13-14-31(20-43)48-30)40-34(39-32)44-28(21-45)11-12-29(44)22-46/h3-10,23,28-31,45-46H,11-22H2,1-2H3,(H2,36,37,47). The van der Waals surface area contributed by atoms with Gasteiger partial charge >= 0.3 is 6.03 Å². The summed E-state index contributed by atoms with van der Waals surface area (Å²) in [4.78, 5) is 36.5. The molecule has 4 fully saturated rings. The summed E-state index contributed by atoms with van der Waals surface area (Å²) >= 11 is 0. The maximum Gasteiger partial charge on any atom is 0.323 e. The Morgan fingerprint density at radius 1 is 0.771 bits per heavy atom. The molecule has 0 radical (unpaired) electrons. The van der Waals surface area contributed by atoms with E-state index in [4.69, 9.17) is 19.7 Å². The van der Waals surface area contributed by atoms with Crippen LogP contribution in [0.1, 0.15) is 39.5 Å². The van der Waals surface area contributed by atoms with Crippen molar-refractivity contribution in [3.63, 3.8) is 0 Å². The Kier molecular flexibility index (Phi) is 9.62. The lowest BCUT2D eigenvalue weighted by atomic mass is 10.2. The average Bonchev–Trinajstić information content (AvgIpc) is 3.70. The van der Waals surface area contributed by atoms with Gasteiger partial charge in [0.1, 0.15) is 0 Å². The first kappa shape index (κ1) is 32.5. The summed E-state index contributed by atoms with van der Waals surface area (Å²) < 4.78 is 6.05. The van der Waals surface area contributed by atoms with E-state index in [1.54, 1.807) is 0 Å². The number of anilines is 5. The number of urea groups is 1. The summed E-state index contributed by atoms with van der Waals surface area (Å²) in [5, 5.41) is 26.1. The van der Waals surface area contributed by atoms with E-state index >= 15 is 0 Å². The second kappa shape index (κ2) is 14.2. The van der Waals surface area contributed by atoms with Crippen LogP contribution in [0.25, 0.3) is 11.4 Å². The van der Waals surface area contributed by atoms with E-state index in [2.05, 4.69) is 51.3 Å². The summed E-state index contributed by atoms with van der Waals surface area (Å²) in [6.07, 6.45) is 3.88. The van der Waals surface area contributed by atoms with Crippen LogP contribution in [0.3, 0.4) is 0 Å². The topological polar surface area (TPSA) is 142 Å². The highest BCUT2D eigenvalue weighted by Crippen LogP contribution is 2.33. The molecule has 2 amide bonds. The average molecular weight is 658 g/mol. The number of hydrogen-bond acceptors (Lipinski definition) is 11. The van der Waals surface area contributed by atoms with Crippen LogP contribution >= 0.6 is 0 Å². The quantitative estimate of drug-likeness (QED) is 0.269. The van der Waals surface area contributed by atoms with Crippen molar-refractivity contribution in [2.45, 2.75) is 69.9 Å². The first-order valence-electron chi connectivity index (χ1n) is 17.3. The Bertz CT molecular complexity index is 1520. The number of rotatable bonds is 9. The van der Waals surface area contributed by atoms with E-state index in [0.717, 1.165) is 68.8 Å². The summed E-state index contributed by atoms with van der Waals surface area (Å²) in [6.45, 7) is 9.90. The number of amides is 2. The van der Waals surface area contributed by atoms with Gasteiger partial charge in [0.25, 0.3) is 0 Å². The number of fused-ring (bicyclic) bond motifs is 2. The number of carbonyl (C=O) groups excluding carboxylic acids is 1. The minimum absolute atomic E-state index is 0.0448. The predicted molar refractivity (Wildman–Crippen MR) is 187 cm³/mol. The molecule has 13 nitrogen and oxygen atoms in total. The molecule has 0 saturated carbocycles. The Hall–Kier alpha value is -4.04. The molecule has 7 rings (SSSR count). The van der Waals surface area contributed by atoms with Crippen LogP contribution in [0.5, 0.6) is 0 Å². The number of aromatic nitrogens is 3. The highest BCUT2D eigenvalue weighted by atomic mass is 16.5. The van der Waals surface area contributed by atoms with Crippen molar-refractivity contribution in [1.29, 1.82) is 0 Å². The molecule has 3 aromatic rings. The van der Waals surface area contributed by atoms with Crippen molar-refractivity contribution < 1.29 is 19.7 Å². The lowest BCUT2D eigenvalue weighted by molar-refractivity contribution is 0.0299. The van der Waals surface area contributed by atoms with Crippen LogP contribution in [0.4, 0.5) is 33.8 Å². The number of hydrogen-bond donors (Lipinski definition) is 4. The van der Waals surface area contributed by atoms with E-state index in [0.29, 0.717) is 42.5 Å². The molecule has 0 aliphatic carbocycles. The molecule has 0 spiro atoms.